The van der Waals surface area contributed by atoms with Crippen molar-refractivity contribution in [2.45, 2.75) is 0 Å². The number of benzene rings is 1. The van der Waals surface area contributed by atoms with Crippen LogP contribution in [-0.2, 0) is 14.1 Å². The highest BCUT2D eigenvalue weighted by molar-refractivity contribution is 6.07. The van der Waals surface area contributed by atoms with Gasteiger partial charge in [-0.05, 0) is 0 Å². The van der Waals surface area contributed by atoms with Crippen molar-refractivity contribution in [1.29, 1.82) is 0 Å². The monoisotopic (exact) mass is 272 g/mol. The van der Waals surface area contributed by atoms with E-state index in [1.807, 2.05) is 30.3 Å². The standard InChI is InChI=1S/C14H16N4O2/c1-15-13(10-7-5-4-6-8-10)16-11-9-12(19)18(3)14(20)17(11)2/h4-9H,1-3H3,(H,15,16). The summed E-state index contributed by atoms with van der Waals surface area (Å²) in [6, 6.07) is 10.9. The third-order valence-corrected chi connectivity index (χ3v) is 3.04. The first-order valence-corrected chi connectivity index (χ1v) is 6.11. The first-order chi connectivity index (χ1) is 9.54. The van der Waals surface area contributed by atoms with E-state index >= 15 is 0 Å². The van der Waals surface area contributed by atoms with Crippen LogP contribution in [0.3, 0.4) is 0 Å². The summed E-state index contributed by atoms with van der Waals surface area (Å²) in [6.45, 7) is 0. The SMILES string of the molecule is CN=C(Nc1cc(=O)n(C)c(=O)n1C)c1ccccc1. The molecule has 0 saturated heterocycles. The Labute approximate surface area is 116 Å². The van der Waals surface area contributed by atoms with Crippen LogP contribution in [0.15, 0.2) is 51.0 Å². The Bertz CT molecular complexity index is 757. The van der Waals surface area contributed by atoms with Crippen LogP contribution < -0.4 is 16.6 Å². The minimum atomic E-state index is -0.386. The van der Waals surface area contributed by atoms with Crippen LogP contribution in [0.1, 0.15) is 5.56 Å². The van der Waals surface area contributed by atoms with Gasteiger partial charge in [-0.2, -0.15) is 0 Å². The van der Waals surface area contributed by atoms with E-state index in [2.05, 4.69) is 10.3 Å². The number of hydrogen-bond acceptors (Lipinski definition) is 3. The fraction of sp³-hybridized carbons (Fsp3) is 0.214. The molecule has 104 valence electrons. The fourth-order valence-electron chi connectivity index (χ4n) is 1.83. The molecule has 0 atom stereocenters. The Kier molecular flexibility index (Phi) is 3.84. The van der Waals surface area contributed by atoms with Crippen LogP contribution in [0.2, 0.25) is 0 Å². The average Bonchev–Trinajstić information content (AvgIpc) is 2.48. The molecule has 0 bridgehead atoms. The van der Waals surface area contributed by atoms with Crippen molar-refractivity contribution in [2.24, 2.45) is 19.1 Å². The van der Waals surface area contributed by atoms with Gasteiger partial charge in [-0.1, -0.05) is 30.3 Å². The summed E-state index contributed by atoms with van der Waals surface area (Å²) in [5.74, 6) is 0.997. The molecule has 1 N–H and O–H groups in total. The van der Waals surface area contributed by atoms with Crippen LogP contribution in [0.25, 0.3) is 0 Å². The van der Waals surface area contributed by atoms with Gasteiger partial charge >= 0.3 is 5.69 Å². The zero-order valence-electron chi connectivity index (χ0n) is 11.6. The van der Waals surface area contributed by atoms with Crippen LogP contribution in [0.4, 0.5) is 5.82 Å². The van der Waals surface area contributed by atoms with E-state index in [4.69, 9.17) is 0 Å². The molecule has 1 aromatic carbocycles. The Morgan fingerprint density at radius 2 is 1.75 bits per heavy atom. The topological polar surface area (TPSA) is 68.4 Å². The highest BCUT2D eigenvalue weighted by Crippen LogP contribution is 2.05. The quantitative estimate of drug-likeness (QED) is 0.642. The van der Waals surface area contributed by atoms with E-state index in [1.165, 1.54) is 17.7 Å². The second-order valence-corrected chi connectivity index (χ2v) is 4.33. The third-order valence-electron chi connectivity index (χ3n) is 3.04. The van der Waals surface area contributed by atoms with Gasteiger partial charge in [0.2, 0.25) is 0 Å². The smallest absolute Gasteiger partial charge is 0.326 e. The summed E-state index contributed by atoms with van der Waals surface area (Å²) in [5.41, 5.74) is 0.130. The van der Waals surface area contributed by atoms with Gasteiger partial charge in [0.25, 0.3) is 5.56 Å². The Morgan fingerprint density at radius 1 is 1.10 bits per heavy atom. The maximum atomic E-state index is 11.9. The number of anilines is 1. The molecule has 1 aromatic heterocycles. The molecule has 0 radical (unpaired) electrons. The van der Waals surface area contributed by atoms with E-state index in [0.29, 0.717) is 11.7 Å². The predicted octanol–water partition coefficient (Wildman–Crippen LogP) is 0.572. The number of amidine groups is 1. The van der Waals surface area contributed by atoms with E-state index in [9.17, 15) is 9.59 Å². The Morgan fingerprint density at radius 3 is 2.35 bits per heavy atom. The van der Waals surface area contributed by atoms with Crippen molar-refractivity contribution in [3.8, 4) is 0 Å². The molecule has 0 amide bonds. The second-order valence-electron chi connectivity index (χ2n) is 4.33. The first-order valence-electron chi connectivity index (χ1n) is 6.11. The lowest BCUT2D eigenvalue weighted by Gasteiger charge is -2.13. The number of aromatic nitrogens is 2. The van der Waals surface area contributed by atoms with Gasteiger partial charge in [0, 0.05) is 32.8 Å². The first kappa shape index (κ1) is 13.8. The van der Waals surface area contributed by atoms with Crippen LogP contribution in [-0.4, -0.2) is 22.0 Å². The summed E-state index contributed by atoms with van der Waals surface area (Å²) in [7, 11) is 4.69. The van der Waals surface area contributed by atoms with Crippen molar-refractivity contribution >= 4 is 11.7 Å². The number of rotatable bonds is 2. The molecular formula is C14H16N4O2. The van der Waals surface area contributed by atoms with Gasteiger partial charge in [0.05, 0.1) is 0 Å². The molecule has 1 heterocycles. The fourth-order valence-corrected chi connectivity index (χ4v) is 1.83. The summed E-state index contributed by atoms with van der Waals surface area (Å²) >= 11 is 0. The third kappa shape index (κ3) is 2.54. The molecule has 0 saturated carbocycles. The summed E-state index contributed by atoms with van der Waals surface area (Å²) < 4.78 is 2.42. The number of aliphatic imine (C=N–C) groups is 1. The summed E-state index contributed by atoms with van der Waals surface area (Å²) in [5, 5.41) is 3.02. The van der Waals surface area contributed by atoms with Gasteiger partial charge in [-0.3, -0.25) is 18.9 Å². The molecule has 20 heavy (non-hydrogen) atoms. The Hall–Kier alpha value is -2.63. The largest absolute Gasteiger partial charge is 0.332 e. The van der Waals surface area contributed by atoms with Gasteiger partial charge in [0.15, 0.2) is 0 Å². The van der Waals surface area contributed by atoms with Crippen molar-refractivity contribution in [1.82, 2.24) is 9.13 Å². The highest BCUT2D eigenvalue weighted by atomic mass is 16.2. The predicted molar refractivity (Wildman–Crippen MR) is 79.4 cm³/mol. The lowest BCUT2D eigenvalue weighted by atomic mass is 10.2. The average molecular weight is 272 g/mol. The van der Waals surface area contributed by atoms with Crippen molar-refractivity contribution < 1.29 is 0 Å². The molecule has 6 nitrogen and oxygen atoms in total. The molecular weight excluding hydrogens is 256 g/mol. The maximum absolute atomic E-state index is 11.9. The Balaban J connectivity index is 2.45. The van der Waals surface area contributed by atoms with Crippen molar-refractivity contribution in [3.05, 3.63) is 62.8 Å². The van der Waals surface area contributed by atoms with Crippen molar-refractivity contribution in [2.75, 3.05) is 12.4 Å². The van der Waals surface area contributed by atoms with E-state index < -0.39 is 0 Å². The summed E-state index contributed by atoms with van der Waals surface area (Å²) in [6.07, 6.45) is 0. The zero-order valence-corrected chi connectivity index (χ0v) is 11.6. The van der Waals surface area contributed by atoms with E-state index in [1.54, 1.807) is 14.1 Å². The molecule has 0 aliphatic rings. The number of nitrogens with zero attached hydrogens (tertiary/aromatic N) is 3. The highest BCUT2D eigenvalue weighted by Gasteiger charge is 2.08. The zero-order chi connectivity index (χ0) is 14.7. The van der Waals surface area contributed by atoms with Crippen LogP contribution in [0, 0.1) is 0 Å². The normalized spacial score (nSPS) is 11.4. The van der Waals surface area contributed by atoms with Gasteiger partial charge in [-0.15, -0.1) is 0 Å². The maximum Gasteiger partial charge on any atom is 0.332 e. The summed E-state index contributed by atoms with van der Waals surface area (Å²) in [4.78, 5) is 27.7. The van der Waals surface area contributed by atoms with Gasteiger partial charge < -0.3 is 5.32 Å². The molecule has 0 spiro atoms. The van der Waals surface area contributed by atoms with Crippen LogP contribution >= 0.6 is 0 Å². The van der Waals surface area contributed by atoms with E-state index in [0.717, 1.165) is 10.1 Å². The molecule has 0 aliphatic heterocycles. The molecule has 6 heteroatoms. The lowest BCUT2D eigenvalue weighted by molar-refractivity contribution is 0.693. The van der Waals surface area contributed by atoms with E-state index in [-0.39, 0.29) is 11.2 Å². The van der Waals surface area contributed by atoms with Gasteiger partial charge in [0.1, 0.15) is 11.7 Å². The number of nitrogens with one attached hydrogen (secondary N) is 1. The molecule has 0 aliphatic carbocycles. The molecule has 2 aromatic rings. The number of hydrogen-bond donors (Lipinski definition) is 1. The second kappa shape index (κ2) is 5.56. The minimum absolute atomic E-state index is 0.362. The lowest BCUT2D eigenvalue weighted by Crippen LogP contribution is -2.38. The van der Waals surface area contributed by atoms with Crippen LogP contribution in [0.5, 0.6) is 0 Å². The molecule has 2 rings (SSSR count). The van der Waals surface area contributed by atoms with Crippen molar-refractivity contribution in [3.63, 3.8) is 0 Å². The minimum Gasteiger partial charge on any atom is -0.326 e. The van der Waals surface area contributed by atoms with Gasteiger partial charge in [-0.25, -0.2) is 4.79 Å². The molecule has 0 fully saturated rings. The molecule has 0 unspecified atom stereocenters.